The van der Waals surface area contributed by atoms with Crippen LogP contribution in [0.2, 0.25) is 5.02 Å². The molecule has 3 aromatic rings. The van der Waals surface area contributed by atoms with Crippen LogP contribution in [0, 0.1) is 0 Å². The molecule has 7 nitrogen and oxygen atoms in total. The number of hydrogen-bond donors (Lipinski definition) is 1. The monoisotopic (exact) mass is 551 g/mol. The van der Waals surface area contributed by atoms with Gasteiger partial charge in [-0.3, -0.25) is 14.4 Å². The van der Waals surface area contributed by atoms with Crippen molar-refractivity contribution in [2.45, 2.75) is 26.2 Å². The Morgan fingerprint density at radius 1 is 1.21 bits per heavy atom. The molecule has 1 atom stereocenters. The molecule has 2 heterocycles. The lowest BCUT2D eigenvalue weighted by Gasteiger charge is -2.21. The van der Waals surface area contributed by atoms with Crippen molar-refractivity contribution in [3.05, 3.63) is 77.0 Å². The van der Waals surface area contributed by atoms with Crippen molar-refractivity contribution in [2.75, 3.05) is 48.6 Å². The number of aryl methyl sites for hydroxylation is 1. The predicted octanol–water partition coefficient (Wildman–Crippen LogP) is 5.96. The smallest absolute Gasteiger partial charge is 0.253 e. The van der Waals surface area contributed by atoms with Crippen molar-refractivity contribution in [1.29, 1.82) is 0 Å². The van der Waals surface area contributed by atoms with Crippen molar-refractivity contribution < 1.29 is 9.53 Å². The maximum Gasteiger partial charge on any atom is 0.253 e. The maximum atomic E-state index is 13.0. The highest BCUT2D eigenvalue weighted by Crippen LogP contribution is 2.33. The van der Waals surface area contributed by atoms with Crippen LogP contribution in [-0.2, 0) is 11.2 Å². The number of likely N-dealkylation sites (tertiary alicyclic amines) is 1. The number of halogens is 1. The second kappa shape index (κ2) is 13.1. The minimum Gasteiger partial charge on any atom is -0.492 e. The van der Waals surface area contributed by atoms with Crippen molar-refractivity contribution in [3.63, 3.8) is 0 Å². The van der Waals surface area contributed by atoms with Crippen molar-refractivity contribution in [2.24, 2.45) is 0 Å². The van der Waals surface area contributed by atoms with E-state index in [0.717, 1.165) is 41.3 Å². The van der Waals surface area contributed by atoms with Crippen LogP contribution in [-0.4, -0.2) is 49.1 Å². The Morgan fingerprint density at radius 2 is 1.95 bits per heavy atom. The van der Waals surface area contributed by atoms with Gasteiger partial charge in [0.25, 0.3) is 5.91 Å². The summed E-state index contributed by atoms with van der Waals surface area (Å²) in [5.41, 5.74) is 9.93. The molecule has 1 saturated heterocycles. The van der Waals surface area contributed by atoms with Gasteiger partial charge >= 0.3 is 0 Å². The van der Waals surface area contributed by atoms with E-state index in [1.807, 2.05) is 61.3 Å². The van der Waals surface area contributed by atoms with Gasteiger partial charge in [0.15, 0.2) is 0 Å². The molecule has 200 valence electrons. The van der Waals surface area contributed by atoms with Crippen molar-refractivity contribution in [3.8, 4) is 5.75 Å². The van der Waals surface area contributed by atoms with Gasteiger partial charge in [0.05, 0.1) is 11.4 Å². The number of hydrogen-bond acceptors (Lipinski definition) is 6. The summed E-state index contributed by atoms with van der Waals surface area (Å²) >= 11 is 6.35. The number of nitrogens with zero attached hydrogens (tertiary/aromatic N) is 4. The molecule has 0 aliphatic carbocycles. The molecule has 2 N–H and O–H groups in total. The highest BCUT2D eigenvalue weighted by molar-refractivity contribution is 7.21. The predicted molar refractivity (Wildman–Crippen MR) is 161 cm³/mol. The molecule has 1 aromatic heterocycles. The van der Waals surface area contributed by atoms with Crippen LogP contribution < -0.4 is 20.0 Å². The molecular formula is C29H35ClN5O2P. The Morgan fingerprint density at radius 3 is 2.66 bits per heavy atom. The van der Waals surface area contributed by atoms with Crippen LogP contribution in [0.3, 0.4) is 0 Å². The van der Waals surface area contributed by atoms with Gasteiger partial charge in [-0.15, -0.1) is 0 Å². The number of anilines is 4. The lowest BCUT2D eigenvalue weighted by molar-refractivity contribution is -0.112. The third kappa shape index (κ3) is 6.84. The first-order valence-corrected chi connectivity index (χ1v) is 13.8. The number of aromatic nitrogens is 1. The average Bonchev–Trinajstić information content (AvgIpc) is 3.46. The molecule has 1 unspecified atom stereocenters. The second-order valence-corrected chi connectivity index (χ2v) is 10.2. The molecule has 4 rings (SSSR count). The molecule has 2 aromatic carbocycles. The first-order valence-electron chi connectivity index (χ1n) is 12.9. The van der Waals surface area contributed by atoms with Crippen LogP contribution in [0.5, 0.6) is 5.75 Å². The van der Waals surface area contributed by atoms with E-state index in [0.29, 0.717) is 23.0 Å². The molecule has 0 saturated carbocycles. The van der Waals surface area contributed by atoms with Gasteiger partial charge in [-0.1, -0.05) is 18.5 Å². The van der Waals surface area contributed by atoms with Crippen LogP contribution in [0.1, 0.15) is 30.9 Å². The van der Waals surface area contributed by atoms with Gasteiger partial charge in [-0.2, -0.15) is 0 Å². The number of carbonyl (C=O) groups excluding carboxylic acids is 1. The fourth-order valence-corrected chi connectivity index (χ4v) is 5.07. The van der Waals surface area contributed by atoms with Gasteiger partial charge in [0.1, 0.15) is 18.2 Å². The van der Waals surface area contributed by atoms with E-state index < -0.39 is 0 Å². The summed E-state index contributed by atoms with van der Waals surface area (Å²) in [5.74, 6) is 1.32. The van der Waals surface area contributed by atoms with Gasteiger partial charge < -0.3 is 15.4 Å². The highest BCUT2D eigenvalue weighted by Gasteiger charge is 2.15. The fourth-order valence-electron chi connectivity index (χ4n) is 4.47. The summed E-state index contributed by atoms with van der Waals surface area (Å²) in [5, 5.41) is 0.583. The van der Waals surface area contributed by atoms with E-state index >= 15 is 0 Å². The summed E-state index contributed by atoms with van der Waals surface area (Å²) < 4.78 is 7.35. The molecule has 0 radical (unpaired) electrons. The lowest BCUT2D eigenvalue weighted by atomic mass is 10.1. The number of benzene rings is 2. The molecule has 1 aliphatic rings. The summed E-state index contributed by atoms with van der Waals surface area (Å²) in [7, 11) is 4.37. The largest absolute Gasteiger partial charge is 0.492 e. The number of nitrogens with two attached hydrogens (primary N) is 1. The van der Waals surface area contributed by atoms with Gasteiger partial charge in [0, 0.05) is 42.1 Å². The maximum absolute atomic E-state index is 13.0. The van der Waals surface area contributed by atoms with Gasteiger partial charge in [-0.25, -0.2) is 4.98 Å². The van der Waals surface area contributed by atoms with E-state index in [1.165, 1.54) is 36.7 Å². The normalized spacial score (nSPS) is 13.7. The Hall–Kier alpha value is -3.12. The van der Waals surface area contributed by atoms with E-state index in [-0.39, 0.29) is 5.91 Å². The van der Waals surface area contributed by atoms with Crippen molar-refractivity contribution >= 4 is 55.9 Å². The standard InChI is InChI=1S/C29H35ClN5O2P/c1-3-21-19-26(31)27(20-25(21)30)35(38)28(36)13-8-22-7-6-14-32-29(22)33(2)23-9-11-24(12-10-23)37-18-17-34-15-4-5-16-34/h6-14,19-20H,3-5,15-18,31,38H2,1-2H3/b13-8+. The number of ether oxygens (including phenoxy) is 1. The minimum absolute atomic E-state index is 0.255. The van der Waals surface area contributed by atoms with Gasteiger partial charge in [-0.05, 0) is 102 Å². The molecule has 9 heteroatoms. The zero-order chi connectivity index (χ0) is 27.1. The van der Waals surface area contributed by atoms with E-state index in [1.54, 1.807) is 18.3 Å². The number of nitrogen functional groups attached to an aromatic ring is 1. The quantitative estimate of drug-likeness (QED) is 0.190. The van der Waals surface area contributed by atoms with E-state index in [2.05, 4.69) is 19.3 Å². The molecule has 1 aliphatic heterocycles. The third-order valence-corrected chi connectivity index (χ3v) is 7.60. The SMILES string of the molecule is CCc1cc(N)c(N(P)C(=O)/C=C/c2cccnc2N(C)c2ccc(OCCN3CCCC3)cc2)cc1Cl. The lowest BCUT2D eigenvalue weighted by Crippen LogP contribution is -2.25. The average molecular weight is 552 g/mol. The number of rotatable bonds is 10. The zero-order valence-corrected chi connectivity index (χ0v) is 23.8. The van der Waals surface area contributed by atoms with Crippen LogP contribution in [0.15, 0.2) is 60.8 Å². The summed E-state index contributed by atoms with van der Waals surface area (Å²) in [4.78, 5) is 21.9. The molecule has 0 spiro atoms. The fraction of sp³-hybridized carbons (Fsp3) is 0.310. The highest BCUT2D eigenvalue weighted by atomic mass is 35.5. The summed E-state index contributed by atoms with van der Waals surface area (Å²) in [6.07, 6.45) is 8.32. The molecule has 38 heavy (non-hydrogen) atoms. The molecule has 1 amide bonds. The summed E-state index contributed by atoms with van der Waals surface area (Å²) in [6, 6.07) is 15.3. The second-order valence-electron chi connectivity index (χ2n) is 9.26. The van der Waals surface area contributed by atoms with E-state index in [9.17, 15) is 4.79 Å². The first kappa shape index (κ1) is 27.9. The van der Waals surface area contributed by atoms with Crippen LogP contribution in [0.4, 0.5) is 22.9 Å². The molecule has 1 fully saturated rings. The Labute approximate surface area is 232 Å². The van der Waals surface area contributed by atoms with Gasteiger partial charge in [0.2, 0.25) is 0 Å². The van der Waals surface area contributed by atoms with Crippen LogP contribution in [0.25, 0.3) is 6.08 Å². The third-order valence-electron chi connectivity index (χ3n) is 6.71. The Balaban J connectivity index is 1.43. The number of carbonyl (C=O) groups is 1. The first-order chi connectivity index (χ1) is 18.4. The zero-order valence-electron chi connectivity index (χ0n) is 21.9. The van der Waals surface area contributed by atoms with E-state index in [4.69, 9.17) is 22.1 Å². The molecular weight excluding hydrogens is 517 g/mol. The Bertz CT molecular complexity index is 1280. The topological polar surface area (TPSA) is 74.9 Å². The van der Waals surface area contributed by atoms with Crippen LogP contribution >= 0.6 is 21.0 Å². The number of pyridine rings is 1. The minimum atomic E-state index is -0.255. The summed E-state index contributed by atoms with van der Waals surface area (Å²) in [6.45, 7) is 5.99. The van der Waals surface area contributed by atoms with Crippen molar-refractivity contribution in [1.82, 2.24) is 9.88 Å². The molecule has 0 bridgehead atoms. The Kier molecular flexibility index (Phi) is 9.62. The number of amides is 1.